The molecule has 1 rings (SSSR count). The van der Waals surface area contributed by atoms with Crippen LogP contribution in [0.4, 0.5) is 0 Å². The zero-order valence-corrected chi connectivity index (χ0v) is 13.0. The molecule has 7 nitrogen and oxygen atoms in total. The van der Waals surface area contributed by atoms with E-state index >= 15 is 0 Å². The summed E-state index contributed by atoms with van der Waals surface area (Å²) in [4.78, 5) is 2.23. The predicted molar refractivity (Wildman–Crippen MR) is 74.5 cm³/mol. The molecule has 0 aliphatic rings. The van der Waals surface area contributed by atoms with Crippen molar-refractivity contribution in [3.63, 3.8) is 0 Å². The van der Waals surface area contributed by atoms with E-state index < -0.39 is 10.0 Å². The van der Waals surface area contributed by atoms with Gasteiger partial charge in [-0.15, -0.1) is 0 Å². The van der Waals surface area contributed by atoms with Gasteiger partial charge in [0.15, 0.2) is 0 Å². The van der Waals surface area contributed by atoms with Gasteiger partial charge in [-0.25, -0.2) is 8.42 Å². The summed E-state index contributed by atoms with van der Waals surface area (Å²) < 4.78 is 26.4. The van der Waals surface area contributed by atoms with Gasteiger partial charge in [0, 0.05) is 26.7 Å². The minimum absolute atomic E-state index is 0.281. The summed E-state index contributed by atoms with van der Waals surface area (Å²) in [6.45, 7) is 3.26. The Labute approximate surface area is 115 Å². The number of aromatic nitrogens is 2. The highest BCUT2D eigenvalue weighted by atomic mass is 32.2. The van der Waals surface area contributed by atoms with E-state index in [1.807, 2.05) is 19.0 Å². The summed E-state index contributed by atoms with van der Waals surface area (Å²) in [6.07, 6.45) is 0. The van der Waals surface area contributed by atoms with Crippen molar-refractivity contribution in [2.75, 3.05) is 41.3 Å². The van der Waals surface area contributed by atoms with Gasteiger partial charge in [0.05, 0.1) is 11.4 Å². The number of H-pyrrole nitrogens is 1. The second kappa shape index (κ2) is 6.47. The molecule has 0 radical (unpaired) electrons. The molecular formula is C11H23N5O2S. The lowest BCUT2D eigenvalue weighted by Gasteiger charge is -2.19. The molecule has 0 fully saturated rings. The molecule has 8 heteroatoms. The molecule has 0 bridgehead atoms. The first kappa shape index (κ1) is 16.1. The van der Waals surface area contributed by atoms with Crippen LogP contribution in [-0.2, 0) is 16.6 Å². The van der Waals surface area contributed by atoms with Gasteiger partial charge in [-0.05, 0) is 28.1 Å². The maximum absolute atomic E-state index is 12.5. The molecule has 0 aromatic carbocycles. The molecule has 0 aliphatic heterocycles. The number of aryl methyl sites for hydroxylation is 1. The van der Waals surface area contributed by atoms with Crippen LogP contribution in [0.25, 0.3) is 0 Å². The Morgan fingerprint density at radius 3 is 2.42 bits per heavy atom. The largest absolute Gasteiger partial charge is 0.314 e. The van der Waals surface area contributed by atoms with Crippen LogP contribution in [0, 0.1) is 6.92 Å². The third-order valence-electron chi connectivity index (χ3n) is 2.84. The SMILES string of the molecule is CNCc1n[nH]c(C)c1S(=O)(=O)N(C)CCN(C)C. The zero-order valence-electron chi connectivity index (χ0n) is 12.2. The molecule has 110 valence electrons. The number of hydrogen-bond donors (Lipinski definition) is 2. The average Bonchev–Trinajstić information content (AvgIpc) is 2.68. The summed E-state index contributed by atoms with van der Waals surface area (Å²) in [5, 5.41) is 9.71. The standard InChI is InChI=1S/C11H23N5O2S/c1-9-11(10(8-12-2)14-13-9)19(17,18)16(5)7-6-15(3)4/h12H,6-8H2,1-5H3,(H,13,14). The van der Waals surface area contributed by atoms with Gasteiger partial charge < -0.3 is 10.2 Å². The number of likely N-dealkylation sites (N-methyl/N-ethyl adjacent to an activating group) is 2. The molecule has 0 unspecified atom stereocenters. The quantitative estimate of drug-likeness (QED) is 0.715. The van der Waals surface area contributed by atoms with E-state index in [0.29, 0.717) is 31.0 Å². The number of aromatic amines is 1. The van der Waals surface area contributed by atoms with Gasteiger partial charge in [-0.2, -0.15) is 9.40 Å². The minimum Gasteiger partial charge on any atom is -0.314 e. The Kier molecular flexibility index (Phi) is 5.48. The summed E-state index contributed by atoms with van der Waals surface area (Å²) in [5.74, 6) is 0. The maximum Gasteiger partial charge on any atom is 0.246 e. The van der Waals surface area contributed by atoms with E-state index in [9.17, 15) is 8.42 Å². The van der Waals surface area contributed by atoms with Crippen molar-refractivity contribution in [1.82, 2.24) is 24.7 Å². The third-order valence-corrected chi connectivity index (χ3v) is 4.90. The minimum atomic E-state index is -3.50. The summed E-state index contributed by atoms with van der Waals surface area (Å²) in [6, 6.07) is 0. The highest BCUT2D eigenvalue weighted by Gasteiger charge is 2.28. The number of hydrogen-bond acceptors (Lipinski definition) is 5. The van der Waals surface area contributed by atoms with Crippen LogP contribution in [0.5, 0.6) is 0 Å². The van der Waals surface area contributed by atoms with E-state index in [1.54, 1.807) is 21.0 Å². The van der Waals surface area contributed by atoms with Crippen molar-refractivity contribution >= 4 is 10.0 Å². The van der Waals surface area contributed by atoms with Crippen molar-refractivity contribution in [1.29, 1.82) is 0 Å². The lowest BCUT2D eigenvalue weighted by molar-refractivity contribution is 0.358. The number of rotatable bonds is 7. The zero-order chi connectivity index (χ0) is 14.6. The fourth-order valence-corrected chi connectivity index (χ4v) is 3.20. The van der Waals surface area contributed by atoms with Crippen LogP contribution in [0.1, 0.15) is 11.4 Å². The Morgan fingerprint density at radius 1 is 1.26 bits per heavy atom. The van der Waals surface area contributed by atoms with Crippen molar-refractivity contribution in [3.8, 4) is 0 Å². The molecule has 0 aliphatic carbocycles. The topological polar surface area (TPSA) is 81.3 Å². The molecular weight excluding hydrogens is 266 g/mol. The fourth-order valence-electron chi connectivity index (χ4n) is 1.72. The van der Waals surface area contributed by atoms with Gasteiger partial charge in [0.25, 0.3) is 0 Å². The Balaban J connectivity index is 3.02. The van der Waals surface area contributed by atoms with Gasteiger partial charge in [-0.3, -0.25) is 5.10 Å². The second-order valence-electron chi connectivity index (χ2n) is 4.78. The molecule has 1 aromatic heterocycles. The van der Waals surface area contributed by atoms with Crippen LogP contribution in [0.15, 0.2) is 4.90 Å². The Hall–Kier alpha value is -0.960. The summed E-state index contributed by atoms with van der Waals surface area (Å²) >= 11 is 0. The first-order valence-corrected chi connectivity index (χ1v) is 7.54. The molecule has 2 N–H and O–H groups in total. The highest BCUT2D eigenvalue weighted by Crippen LogP contribution is 2.21. The van der Waals surface area contributed by atoms with Crippen LogP contribution < -0.4 is 5.32 Å². The molecule has 19 heavy (non-hydrogen) atoms. The van der Waals surface area contributed by atoms with E-state index in [1.165, 1.54) is 4.31 Å². The van der Waals surface area contributed by atoms with E-state index in [4.69, 9.17) is 0 Å². The second-order valence-corrected chi connectivity index (χ2v) is 6.77. The molecule has 1 aromatic rings. The monoisotopic (exact) mass is 289 g/mol. The van der Waals surface area contributed by atoms with Gasteiger partial charge in [0.1, 0.15) is 4.90 Å². The lowest BCUT2D eigenvalue weighted by Crippen LogP contribution is -2.34. The van der Waals surface area contributed by atoms with Crippen molar-refractivity contribution in [3.05, 3.63) is 11.4 Å². The van der Waals surface area contributed by atoms with Gasteiger partial charge in [-0.1, -0.05) is 0 Å². The summed E-state index contributed by atoms with van der Waals surface area (Å²) in [7, 11) is 3.68. The van der Waals surface area contributed by atoms with Crippen molar-refractivity contribution in [2.45, 2.75) is 18.4 Å². The van der Waals surface area contributed by atoms with E-state index in [2.05, 4.69) is 15.5 Å². The fraction of sp³-hybridized carbons (Fsp3) is 0.727. The third kappa shape index (κ3) is 3.75. The normalized spacial score (nSPS) is 12.6. The summed E-state index contributed by atoms with van der Waals surface area (Å²) in [5.41, 5.74) is 1.10. The van der Waals surface area contributed by atoms with Crippen molar-refractivity contribution < 1.29 is 8.42 Å². The Bertz CT molecular complexity index is 509. The lowest BCUT2D eigenvalue weighted by atomic mass is 10.4. The van der Waals surface area contributed by atoms with Gasteiger partial charge >= 0.3 is 0 Å². The van der Waals surface area contributed by atoms with Crippen molar-refractivity contribution in [2.24, 2.45) is 0 Å². The first-order chi connectivity index (χ1) is 8.80. The smallest absolute Gasteiger partial charge is 0.246 e. The average molecular weight is 289 g/mol. The molecule has 0 saturated heterocycles. The van der Waals surface area contributed by atoms with Crippen LogP contribution in [-0.4, -0.2) is 69.1 Å². The highest BCUT2D eigenvalue weighted by molar-refractivity contribution is 7.89. The Morgan fingerprint density at radius 2 is 1.89 bits per heavy atom. The van der Waals surface area contributed by atoms with E-state index in [0.717, 1.165) is 0 Å². The molecule has 0 saturated carbocycles. The first-order valence-electron chi connectivity index (χ1n) is 6.10. The number of nitrogens with one attached hydrogen (secondary N) is 2. The number of sulfonamides is 1. The number of nitrogens with zero attached hydrogens (tertiary/aromatic N) is 3. The van der Waals surface area contributed by atoms with Crippen LogP contribution in [0.2, 0.25) is 0 Å². The predicted octanol–water partition coefficient (Wildman–Crippen LogP) is -0.380. The van der Waals surface area contributed by atoms with Crippen LogP contribution in [0.3, 0.4) is 0 Å². The van der Waals surface area contributed by atoms with E-state index in [-0.39, 0.29) is 4.90 Å². The van der Waals surface area contributed by atoms with Crippen LogP contribution >= 0.6 is 0 Å². The molecule has 0 spiro atoms. The maximum atomic E-state index is 12.5. The molecule has 0 atom stereocenters. The molecule has 0 amide bonds. The van der Waals surface area contributed by atoms with Gasteiger partial charge in [0.2, 0.25) is 10.0 Å². The molecule has 1 heterocycles.